The summed E-state index contributed by atoms with van der Waals surface area (Å²) in [6, 6.07) is 0. The molecule has 3 nitrogen and oxygen atoms in total. The van der Waals surface area contributed by atoms with E-state index < -0.39 is 7.32 Å². The molecule has 0 aliphatic carbocycles. The SMILES string of the molecule is CC(C)C[C@@H](C)OB(O[C@H](C)CC(C)C)O[C@H](C)CC(C)C. The summed E-state index contributed by atoms with van der Waals surface area (Å²) in [5, 5.41) is 0. The summed E-state index contributed by atoms with van der Waals surface area (Å²) in [6.07, 6.45) is 3.47. The number of rotatable bonds is 12. The van der Waals surface area contributed by atoms with Crippen LogP contribution >= 0.6 is 0 Å². The molecule has 0 rings (SSSR count). The summed E-state index contributed by atoms with van der Waals surface area (Å²) in [4.78, 5) is 0. The van der Waals surface area contributed by atoms with Crippen LogP contribution in [0.25, 0.3) is 0 Å². The van der Waals surface area contributed by atoms with Gasteiger partial charge in [-0.1, -0.05) is 41.5 Å². The molecule has 0 radical (unpaired) electrons. The maximum absolute atomic E-state index is 6.02. The molecule has 0 N–H and O–H groups in total. The minimum atomic E-state index is -0.559. The van der Waals surface area contributed by atoms with Gasteiger partial charge in [0.15, 0.2) is 0 Å². The lowest BCUT2D eigenvalue weighted by atomic mass is 10.0. The summed E-state index contributed by atoms with van der Waals surface area (Å²) < 4.78 is 18.1. The number of hydrogen-bond acceptors (Lipinski definition) is 3. The van der Waals surface area contributed by atoms with Gasteiger partial charge < -0.3 is 14.0 Å². The fourth-order valence-electron chi connectivity index (χ4n) is 2.82. The summed E-state index contributed by atoms with van der Waals surface area (Å²) in [5.74, 6) is 1.82. The quantitative estimate of drug-likeness (QED) is 0.456. The molecule has 0 aromatic heterocycles. The monoisotopic (exact) mass is 314 g/mol. The molecule has 0 saturated carbocycles. The first-order valence-corrected chi connectivity index (χ1v) is 9.06. The van der Waals surface area contributed by atoms with Crippen LogP contribution in [0.3, 0.4) is 0 Å². The molecular formula is C18H39BO3. The van der Waals surface area contributed by atoms with E-state index in [0.29, 0.717) is 17.8 Å². The molecule has 0 aromatic rings. The predicted octanol–water partition coefficient (Wildman–Crippen LogP) is 5.32. The second kappa shape index (κ2) is 11.5. The van der Waals surface area contributed by atoms with Crippen LogP contribution in [-0.4, -0.2) is 25.6 Å². The van der Waals surface area contributed by atoms with Gasteiger partial charge in [-0.3, -0.25) is 0 Å². The van der Waals surface area contributed by atoms with E-state index in [2.05, 4.69) is 62.3 Å². The standard InChI is InChI=1S/C18H39BO3/c1-13(2)10-16(7)20-19(21-17(8)11-14(3)4)22-18(9)12-15(5)6/h13-18H,10-12H2,1-9H3/t16-,17-,18-/m1/s1. The average molecular weight is 314 g/mol. The smallest absolute Gasteiger partial charge is 0.383 e. The Bertz CT molecular complexity index is 226. The summed E-state index contributed by atoms with van der Waals surface area (Å²) in [7, 11) is -0.559. The Morgan fingerprint density at radius 3 is 0.909 bits per heavy atom. The zero-order valence-electron chi connectivity index (χ0n) is 16.4. The Hall–Kier alpha value is -0.0551. The highest BCUT2D eigenvalue weighted by molar-refractivity contribution is 6.36. The maximum Gasteiger partial charge on any atom is 0.639 e. The molecule has 132 valence electrons. The lowest BCUT2D eigenvalue weighted by Crippen LogP contribution is -2.37. The van der Waals surface area contributed by atoms with E-state index in [1.165, 1.54) is 0 Å². The van der Waals surface area contributed by atoms with Crippen molar-refractivity contribution in [2.45, 2.75) is 99.9 Å². The van der Waals surface area contributed by atoms with Gasteiger partial charge in [-0.2, -0.15) is 0 Å². The molecule has 0 aliphatic rings. The van der Waals surface area contributed by atoms with Crippen molar-refractivity contribution >= 4 is 7.32 Å². The summed E-state index contributed by atoms with van der Waals surface area (Å²) in [5.41, 5.74) is 0. The molecule has 0 spiro atoms. The first kappa shape index (κ1) is 21.9. The third-order valence-electron chi connectivity index (χ3n) is 3.44. The predicted molar refractivity (Wildman–Crippen MR) is 95.8 cm³/mol. The van der Waals surface area contributed by atoms with Crippen LogP contribution in [0.4, 0.5) is 0 Å². The van der Waals surface area contributed by atoms with Crippen molar-refractivity contribution in [3.8, 4) is 0 Å². The molecule has 0 unspecified atom stereocenters. The van der Waals surface area contributed by atoms with Gasteiger partial charge in [-0.05, 0) is 57.8 Å². The summed E-state index contributed by atoms with van der Waals surface area (Å²) >= 11 is 0. The van der Waals surface area contributed by atoms with Crippen molar-refractivity contribution in [3.05, 3.63) is 0 Å². The zero-order chi connectivity index (χ0) is 17.3. The van der Waals surface area contributed by atoms with Gasteiger partial charge in [-0.15, -0.1) is 0 Å². The Labute approximate surface area is 139 Å². The maximum atomic E-state index is 6.02. The number of hydrogen-bond donors (Lipinski definition) is 0. The van der Waals surface area contributed by atoms with Crippen molar-refractivity contribution in [1.29, 1.82) is 0 Å². The third kappa shape index (κ3) is 12.5. The highest BCUT2D eigenvalue weighted by Crippen LogP contribution is 2.16. The fraction of sp³-hybridized carbons (Fsp3) is 1.00. The van der Waals surface area contributed by atoms with Crippen LogP contribution in [-0.2, 0) is 14.0 Å². The summed E-state index contributed by atoms with van der Waals surface area (Å²) in [6.45, 7) is 19.5. The molecule has 0 amide bonds. The molecule has 0 heterocycles. The van der Waals surface area contributed by atoms with E-state index in [4.69, 9.17) is 14.0 Å². The Morgan fingerprint density at radius 2 is 0.727 bits per heavy atom. The molecule has 4 heteroatoms. The van der Waals surface area contributed by atoms with E-state index in [9.17, 15) is 0 Å². The molecule has 0 fully saturated rings. The second-order valence-corrected chi connectivity index (χ2v) is 8.02. The molecule has 3 atom stereocenters. The van der Waals surface area contributed by atoms with Crippen LogP contribution in [0.5, 0.6) is 0 Å². The van der Waals surface area contributed by atoms with Gasteiger partial charge in [0.1, 0.15) is 0 Å². The second-order valence-electron chi connectivity index (χ2n) is 8.02. The van der Waals surface area contributed by atoms with Crippen LogP contribution in [0.2, 0.25) is 0 Å². The molecule has 0 aromatic carbocycles. The lowest BCUT2D eigenvalue weighted by Gasteiger charge is -2.26. The van der Waals surface area contributed by atoms with Crippen molar-refractivity contribution < 1.29 is 14.0 Å². The van der Waals surface area contributed by atoms with Crippen LogP contribution < -0.4 is 0 Å². The van der Waals surface area contributed by atoms with Crippen molar-refractivity contribution in [2.24, 2.45) is 17.8 Å². The average Bonchev–Trinajstić information content (AvgIpc) is 2.23. The zero-order valence-corrected chi connectivity index (χ0v) is 16.4. The minimum absolute atomic E-state index is 0.141. The van der Waals surface area contributed by atoms with E-state index >= 15 is 0 Å². The van der Waals surface area contributed by atoms with E-state index in [1.807, 2.05) is 0 Å². The van der Waals surface area contributed by atoms with Gasteiger partial charge in [0.25, 0.3) is 0 Å². The van der Waals surface area contributed by atoms with Crippen molar-refractivity contribution in [3.63, 3.8) is 0 Å². The van der Waals surface area contributed by atoms with E-state index in [0.717, 1.165) is 19.3 Å². The first-order chi connectivity index (χ1) is 10.1. The lowest BCUT2D eigenvalue weighted by molar-refractivity contribution is 0.00752. The Balaban J connectivity index is 4.53. The molecule has 0 bridgehead atoms. The van der Waals surface area contributed by atoms with Crippen molar-refractivity contribution in [2.75, 3.05) is 0 Å². The molecular weight excluding hydrogens is 275 g/mol. The molecule has 0 saturated heterocycles. The van der Waals surface area contributed by atoms with E-state index in [1.54, 1.807) is 0 Å². The van der Waals surface area contributed by atoms with Gasteiger partial charge in [0, 0.05) is 18.3 Å². The van der Waals surface area contributed by atoms with Gasteiger partial charge in [0.05, 0.1) is 0 Å². The van der Waals surface area contributed by atoms with Gasteiger partial charge >= 0.3 is 7.32 Å². The Morgan fingerprint density at radius 1 is 0.500 bits per heavy atom. The topological polar surface area (TPSA) is 27.7 Å². The minimum Gasteiger partial charge on any atom is -0.383 e. The largest absolute Gasteiger partial charge is 0.639 e. The van der Waals surface area contributed by atoms with Crippen LogP contribution in [0.15, 0.2) is 0 Å². The molecule has 22 heavy (non-hydrogen) atoms. The van der Waals surface area contributed by atoms with Crippen LogP contribution in [0.1, 0.15) is 81.6 Å². The van der Waals surface area contributed by atoms with Crippen LogP contribution in [0, 0.1) is 17.8 Å². The highest BCUT2D eigenvalue weighted by atomic mass is 16.7. The highest BCUT2D eigenvalue weighted by Gasteiger charge is 2.29. The van der Waals surface area contributed by atoms with E-state index in [-0.39, 0.29) is 18.3 Å². The van der Waals surface area contributed by atoms with Gasteiger partial charge in [0.2, 0.25) is 0 Å². The molecule has 0 aliphatic heterocycles. The normalized spacial score (nSPS) is 16.4. The third-order valence-corrected chi connectivity index (χ3v) is 3.44. The fourth-order valence-corrected chi connectivity index (χ4v) is 2.82. The van der Waals surface area contributed by atoms with Gasteiger partial charge in [-0.25, -0.2) is 0 Å². The first-order valence-electron chi connectivity index (χ1n) is 9.06. The Kier molecular flexibility index (Phi) is 11.4. The van der Waals surface area contributed by atoms with Crippen molar-refractivity contribution in [1.82, 2.24) is 0 Å².